The van der Waals surface area contributed by atoms with Gasteiger partial charge in [-0.3, -0.25) is 4.55 Å². The van der Waals surface area contributed by atoms with Crippen LogP contribution >= 0.6 is 23.2 Å². The Hall–Kier alpha value is -0.410. The lowest BCUT2D eigenvalue weighted by atomic mass is 10.1. The van der Waals surface area contributed by atoms with Crippen LogP contribution in [0.5, 0.6) is 0 Å². The van der Waals surface area contributed by atoms with Crippen molar-refractivity contribution >= 4 is 33.5 Å². The highest BCUT2D eigenvalue weighted by molar-refractivity contribution is 7.83. The Morgan fingerprint density at radius 3 is 2.30 bits per heavy atom. The van der Waals surface area contributed by atoms with Gasteiger partial charge in [0.05, 0.1) is 0 Å². The summed E-state index contributed by atoms with van der Waals surface area (Å²) >= 11 is 12.5. The first kappa shape index (κ1) is 17.4. The number of benzene rings is 1. The molecule has 1 saturated heterocycles. The summed E-state index contributed by atoms with van der Waals surface area (Å²) in [5.74, 6) is -0.864. The van der Waals surface area contributed by atoms with E-state index >= 15 is 0 Å². The van der Waals surface area contributed by atoms with Crippen LogP contribution in [0.2, 0.25) is 10.0 Å². The minimum Gasteiger partial charge on any atom is -0.338 e. The summed E-state index contributed by atoms with van der Waals surface area (Å²) in [4.78, 5) is 0. The number of likely N-dealkylation sites (N-methyl/N-ethyl adjacent to an activating group) is 1. The molecule has 2 aliphatic rings. The average molecular weight is 382 g/mol. The number of hydrogen-bond donors (Lipinski definition) is 1. The lowest BCUT2D eigenvalue weighted by molar-refractivity contribution is -0.176. The molecule has 1 aromatic carbocycles. The van der Waals surface area contributed by atoms with Crippen LogP contribution in [0.3, 0.4) is 0 Å². The van der Waals surface area contributed by atoms with Gasteiger partial charge in [-0.25, -0.2) is 0 Å². The maximum absolute atomic E-state index is 11.5. The monoisotopic (exact) mass is 381 g/mol. The van der Waals surface area contributed by atoms with E-state index in [1.807, 2.05) is 0 Å². The van der Waals surface area contributed by atoms with Gasteiger partial charge in [0.1, 0.15) is 6.10 Å². The van der Waals surface area contributed by atoms with E-state index in [1.54, 1.807) is 18.2 Å². The molecule has 2 atom stereocenters. The Bertz CT molecular complexity index is 685. The first-order chi connectivity index (χ1) is 10.7. The highest BCUT2D eigenvalue weighted by atomic mass is 35.5. The van der Waals surface area contributed by atoms with Gasteiger partial charge in [-0.1, -0.05) is 29.3 Å². The Labute approximate surface area is 145 Å². The van der Waals surface area contributed by atoms with E-state index < -0.39 is 28.4 Å². The van der Waals surface area contributed by atoms with Gasteiger partial charge in [0.15, 0.2) is 12.0 Å². The molecule has 1 aromatic rings. The number of rotatable bonds is 3. The van der Waals surface area contributed by atoms with Gasteiger partial charge in [0, 0.05) is 35.5 Å². The summed E-state index contributed by atoms with van der Waals surface area (Å²) in [6.45, 7) is 0. The molecule has 2 unspecified atom stereocenters. The van der Waals surface area contributed by atoms with Crippen LogP contribution in [0.25, 0.3) is 0 Å². The third kappa shape index (κ3) is 3.24. The molecule has 9 heteroatoms. The lowest BCUT2D eigenvalue weighted by Gasteiger charge is -2.25. The van der Waals surface area contributed by atoms with Crippen molar-refractivity contribution in [3.05, 3.63) is 33.8 Å². The van der Waals surface area contributed by atoms with Crippen molar-refractivity contribution in [3.63, 3.8) is 0 Å². The molecule has 1 aliphatic heterocycles. The van der Waals surface area contributed by atoms with Gasteiger partial charge in [-0.2, -0.15) is 12.7 Å². The van der Waals surface area contributed by atoms with E-state index in [1.165, 1.54) is 7.05 Å². The van der Waals surface area contributed by atoms with E-state index in [4.69, 9.17) is 32.7 Å². The molecular formula is C14H17Cl2NO5S. The summed E-state index contributed by atoms with van der Waals surface area (Å²) in [6.07, 6.45) is 1.29. The van der Waals surface area contributed by atoms with Gasteiger partial charge in [-0.05, 0) is 25.0 Å². The fourth-order valence-corrected chi connectivity index (χ4v) is 4.16. The first-order valence-corrected chi connectivity index (χ1v) is 9.39. The van der Waals surface area contributed by atoms with E-state index in [9.17, 15) is 13.0 Å². The summed E-state index contributed by atoms with van der Waals surface area (Å²) in [7, 11) is -3.23. The van der Waals surface area contributed by atoms with Gasteiger partial charge in [0.2, 0.25) is 0 Å². The van der Waals surface area contributed by atoms with Crippen LogP contribution in [0.4, 0.5) is 0 Å². The molecule has 2 fully saturated rings. The highest BCUT2D eigenvalue weighted by Gasteiger charge is 2.53. The standard InChI is InChI=1S/C14H17Cl2NO5S/c1-17(23(18,19)20)13-12(11-9(15)5-4-6-10(11)16)21-14(22-13)7-2-3-8-14/h4-6,12-13H,2-3,7-8H2,1H3,(H,18,19,20). The molecule has 1 spiro atoms. The Kier molecular flexibility index (Phi) is 4.65. The molecule has 0 aromatic heterocycles. The van der Waals surface area contributed by atoms with E-state index in [0.717, 1.165) is 17.1 Å². The maximum Gasteiger partial charge on any atom is 0.337 e. The molecule has 0 bridgehead atoms. The Morgan fingerprint density at radius 1 is 1.22 bits per heavy atom. The van der Waals surface area contributed by atoms with Crippen LogP contribution < -0.4 is 0 Å². The molecular weight excluding hydrogens is 365 g/mol. The number of nitrogens with zero attached hydrogens (tertiary/aromatic N) is 1. The molecule has 128 valence electrons. The quantitative estimate of drug-likeness (QED) is 0.811. The Morgan fingerprint density at radius 2 is 1.78 bits per heavy atom. The second-order valence-corrected chi connectivity index (χ2v) is 8.08. The van der Waals surface area contributed by atoms with Crippen LogP contribution in [0, 0.1) is 0 Å². The number of ether oxygens (including phenoxy) is 2. The van der Waals surface area contributed by atoms with Crippen molar-refractivity contribution in [1.82, 2.24) is 4.31 Å². The molecule has 1 aliphatic carbocycles. The van der Waals surface area contributed by atoms with E-state index in [-0.39, 0.29) is 0 Å². The summed E-state index contributed by atoms with van der Waals surface area (Å²) in [6, 6.07) is 4.99. The molecule has 1 saturated carbocycles. The van der Waals surface area contributed by atoms with Gasteiger partial charge in [-0.15, -0.1) is 0 Å². The third-order valence-electron chi connectivity index (χ3n) is 4.31. The predicted molar refractivity (Wildman–Crippen MR) is 85.7 cm³/mol. The predicted octanol–water partition coefficient (Wildman–Crippen LogP) is 3.41. The average Bonchev–Trinajstić information content (AvgIpc) is 3.05. The maximum atomic E-state index is 11.5. The Balaban J connectivity index is 2.04. The normalized spacial score (nSPS) is 27.2. The van der Waals surface area contributed by atoms with Crippen molar-refractivity contribution < 1.29 is 22.4 Å². The molecule has 0 amide bonds. The van der Waals surface area contributed by atoms with E-state index in [0.29, 0.717) is 28.5 Å². The lowest BCUT2D eigenvalue weighted by Crippen LogP contribution is -2.40. The third-order valence-corrected chi connectivity index (χ3v) is 5.90. The molecule has 1 N–H and O–H groups in total. The van der Waals surface area contributed by atoms with Crippen molar-refractivity contribution in [3.8, 4) is 0 Å². The SMILES string of the molecule is CN(C1OC2(CCCC2)OC1c1c(Cl)cccc1Cl)S(=O)(=O)O. The zero-order valence-electron chi connectivity index (χ0n) is 12.4. The minimum absolute atomic E-state index is 0.356. The zero-order chi connectivity index (χ0) is 16.8. The number of halogens is 2. The summed E-state index contributed by atoms with van der Waals surface area (Å²) in [5.41, 5.74) is 0.458. The van der Waals surface area contributed by atoms with Crippen molar-refractivity contribution in [2.45, 2.75) is 43.8 Å². The van der Waals surface area contributed by atoms with Gasteiger partial charge in [0.25, 0.3) is 0 Å². The fourth-order valence-electron chi connectivity index (χ4n) is 3.13. The fraction of sp³-hybridized carbons (Fsp3) is 0.571. The molecule has 6 nitrogen and oxygen atoms in total. The summed E-state index contributed by atoms with van der Waals surface area (Å²) in [5, 5.41) is 0.713. The van der Waals surface area contributed by atoms with Crippen LogP contribution in [-0.4, -0.2) is 36.3 Å². The minimum atomic E-state index is -4.46. The first-order valence-electron chi connectivity index (χ1n) is 7.23. The van der Waals surface area contributed by atoms with Gasteiger partial charge < -0.3 is 9.47 Å². The highest BCUT2D eigenvalue weighted by Crippen LogP contribution is 2.50. The van der Waals surface area contributed by atoms with Gasteiger partial charge >= 0.3 is 10.3 Å². The molecule has 23 heavy (non-hydrogen) atoms. The molecule has 0 radical (unpaired) electrons. The molecule has 1 heterocycles. The smallest absolute Gasteiger partial charge is 0.337 e. The summed E-state index contributed by atoms with van der Waals surface area (Å²) < 4.78 is 45.2. The van der Waals surface area contributed by atoms with Crippen molar-refractivity contribution in [2.24, 2.45) is 0 Å². The van der Waals surface area contributed by atoms with Crippen molar-refractivity contribution in [2.75, 3.05) is 7.05 Å². The second kappa shape index (κ2) is 6.15. The zero-order valence-corrected chi connectivity index (χ0v) is 14.7. The topological polar surface area (TPSA) is 76.1 Å². The van der Waals surface area contributed by atoms with Crippen LogP contribution in [-0.2, 0) is 19.8 Å². The van der Waals surface area contributed by atoms with E-state index in [2.05, 4.69) is 0 Å². The largest absolute Gasteiger partial charge is 0.338 e. The van der Waals surface area contributed by atoms with Crippen LogP contribution in [0.15, 0.2) is 18.2 Å². The van der Waals surface area contributed by atoms with Crippen molar-refractivity contribution in [1.29, 1.82) is 0 Å². The van der Waals surface area contributed by atoms with Crippen LogP contribution in [0.1, 0.15) is 37.4 Å². The second-order valence-electron chi connectivity index (χ2n) is 5.79. The molecule has 3 rings (SSSR count). The number of hydrogen-bond acceptors (Lipinski definition) is 4.